The summed E-state index contributed by atoms with van der Waals surface area (Å²) in [5.41, 5.74) is 17.4. The second kappa shape index (κ2) is 19.8. The van der Waals surface area contributed by atoms with Gasteiger partial charge in [0.2, 0.25) is 0 Å². The molecule has 7 nitrogen and oxygen atoms in total. The topological polar surface area (TPSA) is 45.7 Å². The van der Waals surface area contributed by atoms with E-state index in [-0.39, 0.29) is 5.56 Å². The SMILES string of the molecule is [2H]C([2H])([2H])c1cc(-n2c3ccccc3c3ccc(Oc4cccc(-n5[c-][n+](-c6c(-c7ccccc7)cccc6-c6ccccc6)c6ccccc65)c4)cc32)ncc1-c1cc(-n2c3ccccc3c3ccccc32)cc(-n2c3ccccc3c3ccccc32)c1. The molecule has 17 aromatic rings. The molecule has 5 heterocycles. The molecule has 12 aromatic carbocycles. The molecule has 0 amide bonds. The Kier molecular flexibility index (Phi) is 10.6. The van der Waals surface area contributed by atoms with Crippen molar-refractivity contribution in [1.29, 1.82) is 0 Å². The van der Waals surface area contributed by atoms with E-state index in [1.165, 1.54) is 0 Å². The number of aromatic nitrogens is 6. The molecule has 17 rings (SSSR count). The molecule has 86 heavy (non-hydrogen) atoms. The minimum absolute atomic E-state index is 0.181. The predicted molar refractivity (Wildman–Crippen MR) is 352 cm³/mol. The second-order valence-corrected chi connectivity index (χ2v) is 21.9. The second-order valence-electron chi connectivity index (χ2n) is 21.9. The van der Waals surface area contributed by atoms with Gasteiger partial charge in [-0.25, -0.2) is 4.98 Å². The van der Waals surface area contributed by atoms with Crippen LogP contribution in [0, 0.1) is 13.2 Å². The largest absolute Gasteiger partial charge is 0.458 e. The maximum atomic E-state index is 9.31. The summed E-state index contributed by atoms with van der Waals surface area (Å²) in [6.45, 7) is -2.54. The van der Waals surface area contributed by atoms with Gasteiger partial charge >= 0.3 is 0 Å². The van der Waals surface area contributed by atoms with E-state index in [9.17, 15) is 4.11 Å². The normalized spacial score (nSPS) is 12.4. The number of hydrogen-bond donors (Lipinski definition) is 0. The van der Waals surface area contributed by atoms with Crippen molar-refractivity contribution in [3.63, 3.8) is 0 Å². The number of aryl methyl sites for hydroxylation is 1. The summed E-state index contributed by atoms with van der Waals surface area (Å²) in [4.78, 5) is 5.26. The summed E-state index contributed by atoms with van der Waals surface area (Å²) in [5.74, 6) is 1.71. The summed E-state index contributed by atoms with van der Waals surface area (Å²) in [6, 6.07) is 100. The Balaban J connectivity index is 0.793. The van der Waals surface area contributed by atoms with Crippen molar-refractivity contribution in [2.45, 2.75) is 6.85 Å². The van der Waals surface area contributed by atoms with E-state index in [0.29, 0.717) is 22.9 Å². The van der Waals surface area contributed by atoms with Crippen molar-refractivity contribution in [2.24, 2.45) is 0 Å². The fourth-order valence-electron chi connectivity index (χ4n) is 13.2. The van der Waals surface area contributed by atoms with E-state index in [1.807, 2.05) is 54.6 Å². The number of nitrogens with zero attached hydrogens (tertiary/aromatic N) is 6. The van der Waals surface area contributed by atoms with Crippen LogP contribution in [-0.2, 0) is 0 Å². The molecule has 0 saturated carbocycles. The Labute approximate surface area is 500 Å². The van der Waals surface area contributed by atoms with Gasteiger partial charge in [-0.15, -0.1) is 0 Å². The van der Waals surface area contributed by atoms with Crippen molar-refractivity contribution in [3.8, 4) is 73.4 Å². The van der Waals surface area contributed by atoms with Crippen LogP contribution in [0.1, 0.15) is 9.68 Å². The quantitative estimate of drug-likeness (QED) is 0.101. The molecule has 0 unspecified atom stereocenters. The van der Waals surface area contributed by atoms with Gasteiger partial charge in [0.15, 0.2) is 0 Å². The number of para-hydroxylation sites is 8. The Bertz CT molecular complexity index is 5360. The zero-order chi connectivity index (χ0) is 59.3. The molecule has 0 bridgehead atoms. The lowest BCUT2D eigenvalue weighted by atomic mass is 9.95. The molecule has 404 valence electrons. The highest BCUT2D eigenvalue weighted by Gasteiger charge is 2.23. The molecule has 0 N–H and O–H groups in total. The van der Waals surface area contributed by atoms with Gasteiger partial charge in [0, 0.05) is 65.6 Å². The van der Waals surface area contributed by atoms with E-state index in [2.05, 4.69) is 260 Å². The van der Waals surface area contributed by atoms with Crippen LogP contribution in [0.4, 0.5) is 0 Å². The van der Waals surface area contributed by atoms with E-state index < -0.39 is 6.85 Å². The zero-order valence-electron chi connectivity index (χ0n) is 49.4. The van der Waals surface area contributed by atoms with Crippen LogP contribution in [0.25, 0.3) is 138 Å². The molecular formula is C79H52N6O. The highest BCUT2D eigenvalue weighted by atomic mass is 16.5. The van der Waals surface area contributed by atoms with E-state index in [1.54, 1.807) is 12.3 Å². The lowest BCUT2D eigenvalue weighted by Gasteiger charge is -2.17. The first-order valence-corrected chi connectivity index (χ1v) is 28.9. The first-order chi connectivity index (χ1) is 43.8. The minimum atomic E-state index is -2.54. The van der Waals surface area contributed by atoms with Crippen molar-refractivity contribution < 1.29 is 13.4 Å². The van der Waals surface area contributed by atoms with Gasteiger partial charge in [0.1, 0.15) is 17.3 Å². The number of fused-ring (bicyclic) bond motifs is 10. The first kappa shape index (κ1) is 46.0. The zero-order valence-corrected chi connectivity index (χ0v) is 46.4. The van der Waals surface area contributed by atoms with Crippen molar-refractivity contribution >= 4 is 76.5 Å². The fraction of sp³-hybridized carbons (Fsp3) is 0.0127. The molecule has 0 fully saturated rings. The number of pyridine rings is 1. The average molecular weight is 1100 g/mol. The summed E-state index contributed by atoms with van der Waals surface area (Å²) >= 11 is 0. The van der Waals surface area contributed by atoms with Gasteiger partial charge < -0.3 is 13.9 Å². The number of benzene rings is 12. The lowest BCUT2D eigenvalue weighted by Crippen LogP contribution is -2.31. The molecule has 5 aromatic heterocycles. The summed E-state index contributed by atoms with van der Waals surface area (Å²) in [7, 11) is 0. The highest BCUT2D eigenvalue weighted by molar-refractivity contribution is 6.12. The third kappa shape index (κ3) is 7.90. The van der Waals surface area contributed by atoms with Crippen LogP contribution in [0.15, 0.2) is 297 Å². The van der Waals surface area contributed by atoms with Crippen LogP contribution in [0.2, 0.25) is 0 Å². The van der Waals surface area contributed by atoms with Gasteiger partial charge in [0.05, 0.1) is 55.5 Å². The van der Waals surface area contributed by atoms with Gasteiger partial charge in [-0.3, -0.25) is 13.7 Å². The Morgan fingerprint density at radius 3 is 1.40 bits per heavy atom. The van der Waals surface area contributed by atoms with Crippen LogP contribution in [0.5, 0.6) is 11.5 Å². The minimum Gasteiger partial charge on any atom is -0.458 e. The molecule has 0 aliphatic rings. The number of hydrogen-bond acceptors (Lipinski definition) is 2. The third-order valence-corrected chi connectivity index (χ3v) is 17.0. The molecule has 7 heteroatoms. The Hall–Kier alpha value is -11.5. The van der Waals surface area contributed by atoms with Crippen molar-refractivity contribution in [2.75, 3.05) is 0 Å². The number of ether oxygens (including phenoxy) is 1. The van der Waals surface area contributed by atoms with Gasteiger partial charge in [-0.05, 0) is 125 Å². The molecule has 0 atom stereocenters. The van der Waals surface area contributed by atoms with E-state index in [0.717, 1.165) is 127 Å². The number of rotatable bonds is 10. The molecule has 0 saturated heterocycles. The van der Waals surface area contributed by atoms with E-state index in [4.69, 9.17) is 9.72 Å². The maximum absolute atomic E-state index is 9.31. The molecule has 0 aliphatic carbocycles. The fourth-order valence-corrected chi connectivity index (χ4v) is 13.2. The standard InChI is InChI=1S/C79H52N6O/c1-52-44-78(80-50-69(52)55-45-57(83-70-35-13-8-28-63(70)64-29-9-14-36-71(64)83)47-58(46-55)84-72-37-15-10-30-65(72)66-31-11-16-38-73(66)84)85-74-39-17-12-32-67(74)68-43-42-60(49-77(68)85)86-59-27-20-26-56(48-59)81-51-82(76-41-19-18-40-75(76)81)79-61(53-22-4-2-5-23-53)33-21-34-62(79)54-24-6-3-7-25-54/h2-50H,1H3/i1D3. The van der Waals surface area contributed by atoms with E-state index >= 15 is 0 Å². The molecule has 0 aliphatic heterocycles. The summed E-state index contributed by atoms with van der Waals surface area (Å²) < 4.78 is 45.7. The molecule has 0 spiro atoms. The van der Waals surface area contributed by atoms with Crippen molar-refractivity contribution in [3.05, 3.63) is 309 Å². The van der Waals surface area contributed by atoms with Crippen molar-refractivity contribution in [1.82, 2.24) is 23.3 Å². The average Bonchev–Trinajstić information content (AvgIpc) is 1.71. The molecular weight excluding hydrogens is 1050 g/mol. The van der Waals surface area contributed by atoms with Crippen LogP contribution in [0.3, 0.4) is 0 Å². The third-order valence-electron chi connectivity index (χ3n) is 17.0. The van der Waals surface area contributed by atoms with Crippen LogP contribution >= 0.6 is 0 Å². The highest BCUT2D eigenvalue weighted by Crippen LogP contribution is 2.41. The smallest absolute Gasteiger partial charge is 0.269 e. The lowest BCUT2D eigenvalue weighted by molar-refractivity contribution is -0.571. The number of imidazole rings is 1. The van der Waals surface area contributed by atoms with Crippen LogP contribution < -0.4 is 9.30 Å². The Morgan fingerprint density at radius 2 is 0.837 bits per heavy atom. The van der Waals surface area contributed by atoms with Gasteiger partial charge in [-0.2, -0.15) is 0 Å². The first-order valence-electron chi connectivity index (χ1n) is 30.4. The monoisotopic (exact) mass is 1100 g/mol. The van der Waals surface area contributed by atoms with Crippen LogP contribution in [-0.4, -0.2) is 23.3 Å². The van der Waals surface area contributed by atoms with Gasteiger partial charge in [-0.1, -0.05) is 200 Å². The predicted octanol–water partition coefficient (Wildman–Crippen LogP) is 19.5. The summed E-state index contributed by atoms with van der Waals surface area (Å²) in [6.07, 6.45) is 5.55. The maximum Gasteiger partial charge on any atom is 0.269 e. The van der Waals surface area contributed by atoms with Gasteiger partial charge in [0.25, 0.3) is 6.33 Å². The molecule has 0 radical (unpaired) electrons. The summed E-state index contributed by atoms with van der Waals surface area (Å²) in [5, 5.41) is 6.50. The Morgan fingerprint density at radius 1 is 0.360 bits per heavy atom.